The molecule has 1 unspecified atom stereocenters. The Morgan fingerprint density at radius 1 is 1.14 bits per heavy atom. The average molecular weight is 300 g/mol. The summed E-state index contributed by atoms with van der Waals surface area (Å²) in [5, 5.41) is 10.8. The number of aromatic amines is 1. The molecule has 0 bridgehead atoms. The largest absolute Gasteiger partial charge is 0.481 e. The van der Waals surface area contributed by atoms with Crippen LogP contribution in [0.15, 0.2) is 48.5 Å². The van der Waals surface area contributed by atoms with Crippen molar-refractivity contribution in [1.82, 2.24) is 4.98 Å². The molecule has 0 fully saturated rings. The number of hydrogen-bond donors (Lipinski definition) is 2. The van der Waals surface area contributed by atoms with Crippen LogP contribution in [0.4, 0.5) is 0 Å². The van der Waals surface area contributed by atoms with Gasteiger partial charge in [-0.1, -0.05) is 29.8 Å². The SMILES string of the molecule is CC(C(=O)O)c1ccc2[nH]c(-c3ccc(Cl)cc3)cc2c1. The van der Waals surface area contributed by atoms with Gasteiger partial charge in [0.2, 0.25) is 0 Å². The molecule has 0 aliphatic rings. The quantitative estimate of drug-likeness (QED) is 0.738. The third-order valence-corrected chi connectivity index (χ3v) is 3.92. The van der Waals surface area contributed by atoms with E-state index < -0.39 is 11.9 Å². The van der Waals surface area contributed by atoms with Gasteiger partial charge in [-0.15, -0.1) is 0 Å². The van der Waals surface area contributed by atoms with E-state index in [1.165, 1.54) is 0 Å². The average Bonchev–Trinajstić information content (AvgIpc) is 2.89. The molecule has 1 aromatic heterocycles. The molecule has 0 saturated heterocycles. The van der Waals surface area contributed by atoms with Crippen LogP contribution in [0.3, 0.4) is 0 Å². The smallest absolute Gasteiger partial charge is 0.310 e. The summed E-state index contributed by atoms with van der Waals surface area (Å²) < 4.78 is 0. The molecule has 1 heterocycles. The molecule has 4 heteroatoms. The summed E-state index contributed by atoms with van der Waals surface area (Å²) in [4.78, 5) is 14.4. The number of rotatable bonds is 3. The summed E-state index contributed by atoms with van der Waals surface area (Å²) in [5.41, 5.74) is 3.82. The highest BCUT2D eigenvalue weighted by atomic mass is 35.5. The van der Waals surface area contributed by atoms with Crippen molar-refractivity contribution in [3.05, 3.63) is 59.1 Å². The van der Waals surface area contributed by atoms with Gasteiger partial charge in [0.15, 0.2) is 0 Å². The lowest BCUT2D eigenvalue weighted by Crippen LogP contribution is -2.06. The normalized spacial score (nSPS) is 12.5. The van der Waals surface area contributed by atoms with Gasteiger partial charge in [0.25, 0.3) is 0 Å². The second-order valence-electron chi connectivity index (χ2n) is 5.10. The van der Waals surface area contributed by atoms with Crippen molar-refractivity contribution in [3.63, 3.8) is 0 Å². The molecule has 3 rings (SSSR count). The fraction of sp³-hybridized carbons (Fsp3) is 0.118. The van der Waals surface area contributed by atoms with E-state index in [1.807, 2.05) is 48.5 Å². The molecule has 0 aliphatic heterocycles. The van der Waals surface area contributed by atoms with Crippen molar-refractivity contribution >= 4 is 28.5 Å². The topological polar surface area (TPSA) is 53.1 Å². The lowest BCUT2D eigenvalue weighted by Gasteiger charge is -2.05. The fourth-order valence-electron chi connectivity index (χ4n) is 2.35. The molecule has 2 aromatic carbocycles. The summed E-state index contributed by atoms with van der Waals surface area (Å²) in [6.45, 7) is 1.69. The zero-order valence-electron chi connectivity index (χ0n) is 11.4. The molecular weight excluding hydrogens is 286 g/mol. The maximum absolute atomic E-state index is 11.1. The van der Waals surface area contributed by atoms with Crippen LogP contribution in [-0.2, 0) is 4.79 Å². The van der Waals surface area contributed by atoms with E-state index in [-0.39, 0.29) is 0 Å². The van der Waals surface area contributed by atoms with E-state index in [4.69, 9.17) is 16.7 Å². The Labute approximate surface area is 127 Å². The summed E-state index contributed by atoms with van der Waals surface area (Å²) in [6, 6.07) is 15.3. The van der Waals surface area contributed by atoms with Crippen molar-refractivity contribution < 1.29 is 9.90 Å². The summed E-state index contributed by atoms with van der Waals surface area (Å²) in [7, 11) is 0. The minimum atomic E-state index is -0.817. The molecule has 0 amide bonds. The van der Waals surface area contributed by atoms with Gasteiger partial charge in [-0.25, -0.2) is 0 Å². The predicted molar refractivity (Wildman–Crippen MR) is 84.8 cm³/mol. The lowest BCUT2D eigenvalue weighted by atomic mass is 10.00. The predicted octanol–water partition coefficient (Wildman–Crippen LogP) is 4.68. The molecule has 3 aromatic rings. The lowest BCUT2D eigenvalue weighted by molar-refractivity contribution is -0.138. The van der Waals surface area contributed by atoms with E-state index >= 15 is 0 Å². The van der Waals surface area contributed by atoms with Crippen molar-refractivity contribution in [3.8, 4) is 11.3 Å². The number of nitrogens with one attached hydrogen (secondary N) is 1. The molecule has 106 valence electrons. The molecule has 21 heavy (non-hydrogen) atoms. The van der Waals surface area contributed by atoms with Gasteiger partial charge in [0.1, 0.15) is 0 Å². The Morgan fingerprint density at radius 3 is 2.52 bits per heavy atom. The van der Waals surface area contributed by atoms with Gasteiger partial charge < -0.3 is 10.1 Å². The van der Waals surface area contributed by atoms with Gasteiger partial charge in [0.05, 0.1) is 5.92 Å². The summed E-state index contributed by atoms with van der Waals surface area (Å²) in [6.07, 6.45) is 0. The van der Waals surface area contributed by atoms with Crippen LogP contribution in [0, 0.1) is 0 Å². The Balaban J connectivity index is 2.04. The van der Waals surface area contributed by atoms with Crippen LogP contribution < -0.4 is 0 Å². The Bertz CT molecular complexity index is 805. The van der Waals surface area contributed by atoms with Crippen LogP contribution in [0.1, 0.15) is 18.4 Å². The second-order valence-corrected chi connectivity index (χ2v) is 5.53. The highest BCUT2D eigenvalue weighted by Crippen LogP contribution is 2.27. The zero-order chi connectivity index (χ0) is 15.0. The number of fused-ring (bicyclic) bond motifs is 1. The molecular formula is C17H14ClNO2. The van der Waals surface area contributed by atoms with Gasteiger partial charge in [-0.2, -0.15) is 0 Å². The third kappa shape index (κ3) is 2.65. The minimum Gasteiger partial charge on any atom is -0.481 e. The van der Waals surface area contributed by atoms with Crippen molar-refractivity contribution in [2.45, 2.75) is 12.8 Å². The monoisotopic (exact) mass is 299 g/mol. The Kier molecular flexibility index (Phi) is 3.43. The van der Waals surface area contributed by atoms with Crippen molar-refractivity contribution in [2.24, 2.45) is 0 Å². The molecule has 1 atom stereocenters. The van der Waals surface area contributed by atoms with Crippen LogP contribution in [0.25, 0.3) is 22.2 Å². The van der Waals surface area contributed by atoms with E-state index in [0.29, 0.717) is 5.02 Å². The number of H-pyrrole nitrogens is 1. The number of hydrogen-bond acceptors (Lipinski definition) is 1. The van der Waals surface area contributed by atoms with Crippen LogP contribution >= 0.6 is 11.6 Å². The molecule has 0 aliphatic carbocycles. The second kappa shape index (κ2) is 5.26. The zero-order valence-corrected chi connectivity index (χ0v) is 12.2. The number of carboxylic acid groups (broad SMARTS) is 1. The minimum absolute atomic E-state index is 0.511. The van der Waals surface area contributed by atoms with Gasteiger partial charge in [-0.05, 0) is 48.4 Å². The van der Waals surface area contributed by atoms with Crippen LogP contribution in [0.5, 0.6) is 0 Å². The maximum atomic E-state index is 11.1. The first kappa shape index (κ1) is 13.7. The molecule has 0 saturated carbocycles. The first-order chi connectivity index (χ1) is 10.0. The van der Waals surface area contributed by atoms with E-state index in [2.05, 4.69) is 4.98 Å². The Hall–Kier alpha value is -2.26. The number of aromatic nitrogens is 1. The van der Waals surface area contributed by atoms with Gasteiger partial charge >= 0.3 is 5.97 Å². The maximum Gasteiger partial charge on any atom is 0.310 e. The summed E-state index contributed by atoms with van der Waals surface area (Å²) in [5.74, 6) is -1.33. The van der Waals surface area contributed by atoms with Crippen molar-refractivity contribution in [1.29, 1.82) is 0 Å². The number of halogens is 1. The van der Waals surface area contributed by atoms with Crippen molar-refractivity contribution in [2.75, 3.05) is 0 Å². The van der Waals surface area contributed by atoms with Crippen LogP contribution in [-0.4, -0.2) is 16.1 Å². The highest BCUT2D eigenvalue weighted by Gasteiger charge is 2.14. The summed E-state index contributed by atoms with van der Waals surface area (Å²) >= 11 is 5.90. The Morgan fingerprint density at radius 2 is 1.86 bits per heavy atom. The standard InChI is InChI=1S/C17H14ClNO2/c1-10(17(20)21)12-4-7-15-13(8-12)9-16(19-15)11-2-5-14(18)6-3-11/h2-10,19H,1H3,(H,20,21). The van der Waals surface area contributed by atoms with Gasteiger partial charge in [-0.3, -0.25) is 4.79 Å². The fourth-order valence-corrected chi connectivity index (χ4v) is 2.47. The van der Waals surface area contributed by atoms with E-state index in [0.717, 1.165) is 27.7 Å². The molecule has 3 nitrogen and oxygen atoms in total. The molecule has 0 radical (unpaired) electrons. The number of carbonyl (C=O) groups is 1. The number of aliphatic carboxylic acids is 1. The molecule has 2 N–H and O–H groups in total. The third-order valence-electron chi connectivity index (χ3n) is 3.67. The number of carboxylic acids is 1. The first-order valence-corrected chi connectivity index (χ1v) is 7.04. The van der Waals surface area contributed by atoms with E-state index in [1.54, 1.807) is 6.92 Å². The van der Waals surface area contributed by atoms with E-state index in [9.17, 15) is 4.79 Å². The van der Waals surface area contributed by atoms with Crippen LogP contribution in [0.2, 0.25) is 5.02 Å². The highest BCUT2D eigenvalue weighted by molar-refractivity contribution is 6.30. The number of benzene rings is 2. The van der Waals surface area contributed by atoms with Gasteiger partial charge in [0, 0.05) is 21.6 Å². The molecule has 0 spiro atoms. The first-order valence-electron chi connectivity index (χ1n) is 6.66.